The fourth-order valence-corrected chi connectivity index (χ4v) is 3.81. The van der Waals surface area contributed by atoms with E-state index in [1.54, 1.807) is 7.11 Å². The molecule has 0 saturated heterocycles. The van der Waals surface area contributed by atoms with Crippen LogP contribution in [0.5, 0.6) is 5.75 Å². The van der Waals surface area contributed by atoms with E-state index in [1.807, 2.05) is 25.1 Å². The first-order chi connectivity index (χ1) is 14.1. The second-order valence-corrected chi connectivity index (χ2v) is 7.20. The number of aryl methyl sites for hydroxylation is 1. The molecule has 0 saturated carbocycles. The van der Waals surface area contributed by atoms with Crippen LogP contribution in [-0.4, -0.2) is 27.0 Å². The lowest BCUT2D eigenvalue weighted by molar-refractivity contribution is 0.414. The first kappa shape index (κ1) is 17.3. The molecule has 0 radical (unpaired) electrons. The maximum absolute atomic E-state index is 6.03. The number of ether oxygens (including phenoxy) is 1. The predicted octanol–water partition coefficient (Wildman–Crippen LogP) is 4.60. The van der Waals surface area contributed by atoms with Crippen LogP contribution < -0.4 is 10.5 Å². The average molecular weight is 383 g/mol. The van der Waals surface area contributed by atoms with E-state index in [2.05, 4.69) is 56.3 Å². The van der Waals surface area contributed by atoms with Crippen LogP contribution in [-0.2, 0) is 6.42 Å². The van der Waals surface area contributed by atoms with Gasteiger partial charge in [-0.2, -0.15) is 0 Å². The number of nitrogen functional groups attached to an aromatic ring is 1. The van der Waals surface area contributed by atoms with Crippen LogP contribution in [0, 0.1) is 6.92 Å². The fourth-order valence-electron chi connectivity index (χ4n) is 3.81. The molecule has 0 aliphatic carbocycles. The highest BCUT2D eigenvalue weighted by Crippen LogP contribution is 2.32. The molecule has 3 heterocycles. The van der Waals surface area contributed by atoms with Gasteiger partial charge in [0.15, 0.2) is 5.65 Å². The van der Waals surface area contributed by atoms with Crippen molar-refractivity contribution in [1.82, 2.24) is 19.9 Å². The van der Waals surface area contributed by atoms with Crippen molar-refractivity contribution in [3.8, 4) is 17.0 Å². The van der Waals surface area contributed by atoms with Crippen LogP contribution in [0.1, 0.15) is 17.0 Å². The monoisotopic (exact) mass is 383 g/mol. The summed E-state index contributed by atoms with van der Waals surface area (Å²) in [5.41, 5.74) is 13.1. The Hall–Kier alpha value is -3.80. The van der Waals surface area contributed by atoms with Gasteiger partial charge in [0, 0.05) is 22.2 Å². The van der Waals surface area contributed by atoms with Crippen molar-refractivity contribution in [3.05, 3.63) is 71.5 Å². The smallest absolute Gasteiger partial charge is 0.180 e. The number of H-pyrrole nitrogens is 2. The topological polar surface area (TPSA) is 92.6 Å². The Labute approximate surface area is 167 Å². The summed E-state index contributed by atoms with van der Waals surface area (Å²) in [7, 11) is 1.68. The van der Waals surface area contributed by atoms with Crippen molar-refractivity contribution in [1.29, 1.82) is 0 Å². The summed E-state index contributed by atoms with van der Waals surface area (Å²) in [6, 6.07) is 18.6. The van der Waals surface area contributed by atoms with Crippen molar-refractivity contribution in [3.63, 3.8) is 0 Å². The number of imidazole rings is 1. The SMILES string of the molecule is COc1ccc(Cc2cccc3cc(-c4cc(N)nc5nc(C)[nH]c45)[nH]c23)cc1. The van der Waals surface area contributed by atoms with E-state index in [4.69, 9.17) is 10.5 Å². The summed E-state index contributed by atoms with van der Waals surface area (Å²) in [5, 5.41) is 1.16. The zero-order chi connectivity index (χ0) is 20.0. The molecule has 0 aliphatic rings. The summed E-state index contributed by atoms with van der Waals surface area (Å²) in [4.78, 5) is 15.7. The Kier molecular flexibility index (Phi) is 3.98. The van der Waals surface area contributed by atoms with Gasteiger partial charge in [0.2, 0.25) is 0 Å². The molecule has 5 rings (SSSR count). The van der Waals surface area contributed by atoms with Crippen LogP contribution in [0.4, 0.5) is 5.82 Å². The van der Waals surface area contributed by atoms with Crippen LogP contribution in [0.3, 0.4) is 0 Å². The molecule has 5 aromatic rings. The molecular formula is C23H21N5O. The quantitative estimate of drug-likeness (QED) is 0.423. The number of rotatable bonds is 4. The number of nitrogens with two attached hydrogens (primary N) is 1. The number of fused-ring (bicyclic) bond motifs is 2. The Morgan fingerprint density at radius 3 is 2.59 bits per heavy atom. The normalized spacial score (nSPS) is 11.4. The van der Waals surface area contributed by atoms with Gasteiger partial charge < -0.3 is 20.4 Å². The van der Waals surface area contributed by atoms with Gasteiger partial charge in [-0.25, -0.2) is 9.97 Å². The summed E-state index contributed by atoms with van der Waals surface area (Å²) in [6.45, 7) is 1.92. The number of methoxy groups -OCH3 is 1. The molecule has 0 fully saturated rings. The van der Waals surface area contributed by atoms with Gasteiger partial charge in [0.05, 0.1) is 12.6 Å². The molecule has 6 heteroatoms. The molecule has 29 heavy (non-hydrogen) atoms. The zero-order valence-corrected chi connectivity index (χ0v) is 16.3. The molecule has 144 valence electrons. The van der Waals surface area contributed by atoms with E-state index in [-0.39, 0.29) is 0 Å². The first-order valence-corrected chi connectivity index (χ1v) is 9.47. The van der Waals surface area contributed by atoms with Crippen molar-refractivity contribution < 1.29 is 4.74 Å². The van der Waals surface area contributed by atoms with Crippen LogP contribution >= 0.6 is 0 Å². The van der Waals surface area contributed by atoms with Gasteiger partial charge in [-0.15, -0.1) is 0 Å². The second kappa shape index (κ2) is 6.67. The number of anilines is 1. The molecule has 0 amide bonds. The van der Waals surface area contributed by atoms with Crippen molar-refractivity contribution in [2.24, 2.45) is 0 Å². The second-order valence-electron chi connectivity index (χ2n) is 7.20. The highest BCUT2D eigenvalue weighted by Gasteiger charge is 2.14. The highest BCUT2D eigenvalue weighted by molar-refractivity contribution is 5.96. The molecule has 0 aliphatic heterocycles. The van der Waals surface area contributed by atoms with Crippen LogP contribution in [0.25, 0.3) is 33.3 Å². The molecule has 2 aromatic carbocycles. The molecule has 3 aromatic heterocycles. The summed E-state index contributed by atoms with van der Waals surface area (Å²) in [5.74, 6) is 2.13. The Morgan fingerprint density at radius 2 is 1.79 bits per heavy atom. The van der Waals surface area contributed by atoms with E-state index in [0.29, 0.717) is 11.5 Å². The van der Waals surface area contributed by atoms with Gasteiger partial charge in [-0.3, -0.25) is 0 Å². The molecule has 0 atom stereocenters. The van der Waals surface area contributed by atoms with Gasteiger partial charge in [-0.1, -0.05) is 30.3 Å². The number of nitrogens with zero attached hydrogens (tertiary/aromatic N) is 2. The number of para-hydroxylation sites is 1. The maximum Gasteiger partial charge on any atom is 0.180 e. The third-order valence-corrected chi connectivity index (χ3v) is 5.19. The number of hydrogen-bond donors (Lipinski definition) is 3. The minimum atomic E-state index is 0.455. The Bertz CT molecular complexity index is 1330. The van der Waals surface area contributed by atoms with Gasteiger partial charge in [0.1, 0.15) is 17.4 Å². The van der Waals surface area contributed by atoms with E-state index < -0.39 is 0 Å². The van der Waals surface area contributed by atoms with Crippen molar-refractivity contribution in [2.45, 2.75) is 13.3 Å². The molecule has 0 bridgehead atoms. The minimum Gasteiger partial charge on any atom is -0.497 e. The lowest BCUT2D eigenvalue weighted by atomic mass is 10.0. The first-order valence-electron chi connectivity index (χ1n) is 9.47. The van der Waals surface area contributed by atoms with E-state index in [0.717, 1.165) is 45.7 Å². The maximum atomic E-state index is 6.03. The Balaban J connectivity index is 1.60. The lowest BCUT2D eigenvalue weighted by Crippen LogP contribution is -1.93. The highest BCUT2D eigenvalue weighted by atomic mass is 16.5. The van der Waals surface area contributed by atoms with Gasteiger partial charge >= 0.3 is 0 Å². The molecule has 6 nitrogen and oxygen atoms in total. The lowest BCUT2D eigenvalue weighted by Gasteiger charge is -2.06. The predicted molar refractivity (Wildman–Crippen MR) is 116 cm³/mol. The third-order valence-electron chi connectivity index (χ3n) is 5.19. The summed E-state index contributed by atoms with van der Waals surface area (Å²) < 4.78 is 5.26. The van der Waals surface area contributed by atoms with Gasteiger partial charge in [-0.05, 0) is 48.7 Å². The molecular weight excluding hydrogens is 362 g/mol. The fraction of sp³-hybridized carbons (Fsp3) is 0.130. The number of hydrogen-bond acceptors (Lipinski definition) is 4. The third kappa shape index (κ3) is 3.08. The van der Waals surface area contributed by atoms with Crippen LogP contribution in [0.15, 0.2) is 54.6 Å². The van der Waals surface area contributed by atoms with Crippen molar-refractivity contribution in [2.75, 3.05) is 12.8 Å². The molecule has 0 unspecified atom stereocenters. The number of benzene rings is 2. The zero-order valence-electron chi connectivity index (χ0n) is 16.3. The number of aromatic amines is 2. The van der Waals surface area contributed by atoms with E-state index >= 15 is 0 Å². The standard InChI is InChI=1S/C23H21N5O/c1-13-25-22-18(12-20(24)28-23(22)26-13)19-11-16-5-3-4-15(21(16)27-19)10-14-6-8-17(29-2)9-7-14/h3-9,11-12,27H,10H2,1-2H3,(H3,24,25,26,28). The number of aromatic nitrogens is 4. The minimum absolute atomic E-state index is 0.455. The Morgan fingerprint density at radius 1 is 0.966 bits per heavy atom. The average Bonchev–Trinajstić information content (AvgIpc) is 3.31. The van der Waals surface area contributed by atoms with Gasteiger partial charge in [0.25, 0.3) is 0 Å². The summed E-state index contributed by atoms with van der Waals surface area (Å²) >= 11 is 0. The van der Waals surface area contributed by atoms with Crippen molar-refractivity contribution >= 4 is 27.9 Å². The van der Waals surface area contributed by atoms with Crippen LogP contribution in [0.2, 0.25) is 0 Å². The molecule has 0 spiro atoms. The number of pyridine rings is 1. The van der Waals surface area contributed by atoms with E-state index in [9.17, 15) is 0 Å². The largest absolute Gasteiger partial charge is 0.497 e. The number of nitrogens with one attached hydrogen (secondary N) is 2. The molecule has 4 N–H and O–H groups in total. The van der Waals surface area contributed by atoms with E-state index in [1.165, 1.54) is 11.1 Å². The summed E-state index contributed by atoms with van der Waals surface area (Å²) in [6.07, 6.45) is 0.832.